The number of ether oxygens (including phenoxy) is 5. The molecule has 0 spiro atoms. The van der Waals surface area contributed by atoms with Gasteiger partial charge in [-0.1, -0.05) is 44.5 Å². The van der Waals surface area contributed by atoms with Crippen LogP contribution in [0, 0.1) is 18.8 Å². The summed E-state index contributed by atoms with van der Waals surface area (Å²) in [6.07, 6.45) is 1.41. The fourth-order valence-electron chi connectivity index (χ4n) is 3.94. The van der Waals surface area contributed by atoms with E-state index in [-0.39, 0.29) is 0 Å². The molecule has 2 aromatic carbocycles. The maximum absolute atomic E-state index is 5.69. The summed E-state index contributed by atoms with van der Waals surface area (Å²) in [5, 5.41) is 0. The first kappa shape index (κ1) is 25.8. The maximum Gasteiger partial charge on any atom is 0.231 e. The van der Waals surface area contributed by atoms with Crippen molar-refractivity contribution >= 4 is 0 Å². The van der Waals surface area contributed by atoms with Gasteiger partial charge in [-0.25, -0.2) is 0 Å². The lowest BCUT2D eigenvalue weighted by Crippen LogP contribution is -2.18. The fourth-order valence-corrected chi connectivity index (χ4v) is 3.94. The van der Waals surface area contributed by atoms with E-state index in [9.17, 15) is 0 Å². The number of rotatable bonds is 2. The predicted octanol–water partition coefficient (Wildman–Crippen LogP) is 6.32. The molecule has 0 aliphatic carbocycles. The van der Waals surface area contributed by atoms with Crippen molar-refractivity contribution in [2.45, 2.75) is 53.8 Å². The molecule has 0 amide bonds. The van der Waals surface area contributed by atoms with E-state index >= 15 is 0 Å². The molecule has 0 N–H and O–H groups in total. The van der Waals surface area contributed by atoms with E-state index in [1.807, 2.05) is 32.0 Å². The first-order valence-corrected chi connectivity index (χ1v) is 11.4. The van der Waals surface area contributed by atoms with E-state index in [0.717, 1.165) is 35.8 Å². The van der Waals surface area contributed by atoms with E-state index in [4.69, 9.17) is 23.7 Å². The molecular formula is C27H38O5. The number of fused-ring (bicyclic) bond motifs is 2. The van der Waals surface area contributed by atoms with Gasteiger partial charge < -0.3 is 23.7 Å². The molecule has 3 atom stereocenters. The lowest BCUT2D eigenvalue weighted by atomic mass is 9.87. The Labute approximate surface area is 193 Å². The third-order valence-electron chi connectivity index (χ3n) is 5.64. The molecule has 3 aliphatic heterocycles. The normalized spacial score (nSPS) is 22.0. The van der Waals surface area contributed by atoms with Crippen LogP contribution in [0.1, 0.15) is 44.4 Å². The molecule has 3 heterocycles. The Hall–Kier alpha value is -2.50. The molecule has 0 aromatic heterocycles. The van der Waals surface area contributed by atoms with Gasteiger partial charge in [0.25, 0.3) is 0 Å². The number of aryl methyl sites for hydroxylation is 1. The second-order valence-corrected chi connectivity index (χ2v) is 7.79. The number of benzene rings is 2. The van der Waals surface area contributed by atoms with Gasteiger partial charge in [0.1, 0.15) is 5.75 Å². The Bertz CT molecular complexity index is 825. The highest BCUT2D eigenvalue weighted by atomic mass is 16.7. The van der Waals surface area contributed by atoms with Crippen molar-refractivity contribution in [1.82, 2.24) is 0 Å². The minimum Gasteiger partial charge on any atom is -0.467 e. The van der Waals surface area contributed by atoms with E-state index in [1.54, 1.807) is 0 Å². The molecule has 2 aromatic rings. The quantitative estimate of drug-likeness (QED) is 0.509. The highest BCUT2D eigenvalue weighted by molar-refractivity contribution is 5.44. The van der Waals surface area contributed by atoms with Gasteiger partial charge in [0.2, 0.25) is 6.79 Å². The molecule has 1 saturated heterocycles. The van der Waals surface area contributed by atoms with Crippen LogP contribution in [0.25, 0.3) is 0 Å². The minimum atomic E-state index is 0.345. The van der Waals surface area contributed by atoms with E-state index in [1.165, 1.54) is 11.1 Å². The molecule has 1 unspecified atom stereocenters. The van der Waals surface area contributed by atoms with Crippen LogP contribution >= 0.6 is 0 Å². The van der Waals surface area contributed by atoms with Crippen LogP contribution < -0.4 is 14.2 Å². The van der Waals surface area contributed by atoms with Gasteiger partial charge in [-0.3, -0.25) is 0 Å². The van der Waals surface area contributed by atoms with Crippen molar-refractivity contribution in [3.8, 4) is 17.2 Å². The molecule has 176 valence electrons. The summed E-state index contributed by atoms with van der Waals surface area (Å²) in [5.74, 6) is 3.94. The summed E-state index contributed by atoms with van der Waals surface area (Å²) in [7, 11) is 0. The Morgan fingerprint density at radius 3 is 2.28 bits per heavy atom. The fraction of sp³-hybridized carbons (Fsp3) is 0.481. The molecule has 5 heteroatoms. The summed E-state index contributed by atoms with van der Waals surface area (Å²) >= 11 is 0. The molecular weight excluding hydrogens is 404 g/mol. The van der Waals surface area contributed by atoms with Gasteiger partial charge in [0.15, 0.2) is 18.3 Å². The number of hydrogen-bond acceptors (Lipinski definition) is 5. The molecule has 0 saturated carbocycles. The average Bonchev–Trinajstić information content (AvgIpc) is 3.43. The maximum atomic E-state index is 5.69. The van der Waals surface area contributed by atoms with Crippen molar-refractivity contribution in [3.05, 3.63) is 66.2 Å². The summed E-state index contributed by atoms with van der Waals surface area (Å²) in [4.78, 5) is 0. The highest BCUT2D eigenvalue weighted by Crippen LogP contribution is 2.35. The monoisotopic (exact) mass is 442 g/mol. The summed E-state index contributed by atoms with van der Waals surface area (Å²) in [6.45, 7) is 18.8. The van der Waals surface area contributed by atoms with Crippen LogP contribution in [0.15, 0.2) is 49.6 Å². The van der Waals surface area contributed by atoms with Gasteiger partial charge in [-0.15, -0.1) is 13.2 Å². The second-order valence-electron chi connectivity index (χ2n) is 7.79. The first-order chi connectivity index (χ1) is 15.6. The van der Waals surface area contributed by atoms with Crippen molar-refractivity contribution in [1.29, 1.82) is 0 Å². The molecule has 3 aliphatic rings. The number of hydrogen-bond donors (Lipinski definition) is 0. The summed E-state index contributed by atoms with van der Waals surface area (Å²) < 4.78 is 26.8. The van der Waals surface area contributed by atoms with Crippen molar-refractivity contribution < 1.29 is 23.7 Å². The van der Waals surface area contributed by atoms with E-state index in [2.05, 4.69) is 52.1 Å². The van der Waals surface area contributed by atoms with Crippen LogP contribution in [-0.2, 0) is 22.5 Å². The Morgan fingerprint density at radius 1 is 0.875 bits per heavy atom. The van der Waals surface area contributed by atoms with Crippen molar-refractivity contribution in [2.24, 2.45) is 11.8 Å². The lowest BCUT2D eigenvalue weighted by Gasteiger charge is -2.17. The van der Waals surface area contributed by atoms with E-state index < -0.39 is 0 Å². The van der Waals surface area contributed by atoms with Crippen LogP contribution in [0.2, 0.25) is 0 Å². The Balaban J connectivity index is 0.000000210. The second kappa shape index (κ2) is 13.1. The average molecular weight is 443 g/mol. The van der Waals surface area contributed by atoms with Crippen LogP contribution in [0.3, 0.4) is 0 Å². The third-order valence-corrected chi connectivity index (χ3v) is 5.64. The van der Waals surface area contributed by atoms with Gasteiger partial charge in [-0.05, 0) is 55.9 Å². The minimum absolute atomic E-state index is 0.345. The Kier molecular flexibility index (Phi) is 10.6. The molecule has 5 nitrogen and oxygen atoms in total. The Morgan fingerprint density at radius 2 is 1.56 bits per heavy atom. The SMILES string of the molecule is C=C.CC.CC1OC[C@@H](C)[C@H]1Cc1ccc2c(c1)OCO2.Cc1ccc2c(c1)COCO2. The zero-order valence-corrected chi connectivity index (χ0v) is 20.2. The van der Waals surface area contributed by atoms with Crippen molar-refractivity contribution in [3.63, 3.8) is 0 Å². The molecule has 32 heavy (non-hydrogen) atoms. The summed E-state index contributed by atoms with van der Waals surface area (Å²) in [6, 6.07) is 12.4. The molecule has 0 radical (unpaired) electrons. The van der Waals surface area contributed by atoms with Gasteiger partial charge in [0.05, 0.1) is 12.7 Å². The van der Waals surface area contributed by atoms with Gasteiger partial charge in [-0.2, -0.15) is 0 Å². The standard InChI is InChI=1S/C14H18O3.C9H10O2.C2H6.C2H4/c1-9-7-15-10(2)12(9)5-11-3-4-13-14(6-11)17-8-16-13;1-7-2-3-9-8(4-7)5-10-6-11-9;2*1-2/h3-4,6,9-10,12H,5,7-8H2,1-2H3;2-4H,5-6H2,1H3;1-2H3;1-2H2/t9-,10?,12-;;;/m1.../s1. The van der Waals surface area contributed by atoms with Crippen LogP contribution in [-0.4, -0.2) is 26.3 Å². The highest BCUT2D eigenvalue weighted by Gasteiger charge is 2.31. The zero-order valence-electron chi connectivity index (χ0n) is 20.2. The topological polar surface area (TPSA) is 46.2 Å². The van der Waals surface area contributed by atoms with Crippen molar-refractivity contribution in [2.75, 3.05) is 20.2 Å². The lowest BCUT2D eigenvalue weighted by molar-refractivity contribution is -0.0164. The smallest absolute Gasteiger partial charge is 0.231 e. The molecule has 5 rings (SSSR count). The molecule has 0 bridgehead atoms. The third kappa shape index (κ3) is 6.75. The van der Waals surface area contributed by atoms with Crippen LogP contribution in [0.5, 0.6) is 17.2 Å². The largest absolute Gasteiger partial charge is 0.467 e. The van der Waals surface area contributed by atoms with Gasteiger partial charge >= 0.3 is 0 Å². The molecule has 1 fully saturated rings. The van der Waals surface area contributed by atoms with Gasteiger partial charge in [0, 0.05) is 12.2 Å². The van der Waals surface area contributed by atoms with Crippen LogP contribution in [0.4, 0.5) is 0 Å². The van der Waals surface area contributed by atoms with E-state index in [0.29, 0.717) is 38.1 Å². The summed E-state index contributed by atoms with van der Waals surface area (Å²) in [5.41, 5.74) is 3.71. The zero-order chi connectivity index (χ0) is 23.5. The predicted molar refractivity (Wildman–Crippen MR) is 128 cm³/mol. The first-order valence-electron chi connectivity index (χ1n) is 11.4.